The Morgan fingerprint density at radius 2 is 1.84 bits per heavy atom. The second-order valence-electron chi connectivity index (χ2n) is 4.24. The molecule has 2 rings (SSSR count). The van der Waals surface area contributed by atoms with Crippen molar-refractivity contribution < 1.29 is 14.9 Å². The van der Waals surface area contributed by atoms with E-state index in [1.807, 2.05) is 6.07 Å². The number of aliphatic hydroxyl groups excluding tert-OH is 1. The maximum atomic E-state index is 9.44. The predicted molar refractivity (Wildman–Crippen MR) is 74.9 cm³/mol. The second kappa shape index (κ2) is 6.45. The minimum absolute atomic E-state index is 0.0446. The van der Waals surface area contributed by atoms with E-state index in [0.29, 0.717) is 17.4 Å². The van der Waals surface area contributed by atoms with Crippen molar-refractivity contribution in [1.82, 2.24) is 0 Å². The monoisotopic (exact) mass is 278 g/mol. The summed E-state index contributed by atoms with van der Waals surface area (Å²) in [6.07, 6.45) is 0. The molecule has 2 N–H and O–H groups in total. The third-order valence-corrected chi connectivity index (χ3v) is 3.08. The van der Waals surface area contributed by atoms with Gasteiger partial charge < -0.3 is 14.9 Å². The van der Waals surface area contributed by atoms with Gasteiger partial charge in [-0.15, -0.1) is 0 Å². The van der Waals surface area contributed by atoms with Gasteiger partial charge >= 0.3 is 0 Å². The average molecular weight is 279 g/mol. The van der Waals surface area contributed by atoms with Crippen molar-refractivity contribution >= 4 is 11.6 Å². The Bertz CT molecular complexity index is 525. The van der Waals surface area contributed by atoms with E-state index in [2.05, 4.69) is 0 Å². The lowest BCUT2D eigenvalue weighted by molar-refractivity contribution is 0.205. The summed E-state index contributed by atoms with van der Waals surface area (Å²) >= 11 is 5.79. The van der Waals surface area contributed by atoms with Gasteiger partial charge in [0.1, 0.15) is 11.5 Å². The summed E-state index contributed by atoms with van der Waals surface area (Å²) in [6, 6.07) is 13.9. The molecule has 0 fully saturated rings. The Morgan fingerprint density at radius 1 is 1.11 bits per heavy atom. The van der Waals surface area contributed by atoms with Crippen molar-refractivity contribution in [3.8, 4) is 11.5 Å². The largest absolute Gasteiger partial charge is 0.508 e. The summed E-state index contributed by atoms with van der Waals surface area (Å²) in [6.45, 7) is 0.290. The van der Waals surface area contributed by atoms with Crippen LogP contribution in [0.25, 0.3) is 0 Å². The van der Waals surface area contributed by atoms with Gasteiger partial charge in [-0.2, -0.15) is 0 Å². The maximum Gasteiger partial charge on any atom is 0.119 e. The maximum absolute atomic E-state index is 9.44. The number of aromatic hydroxyl groups is 1. The van der Waals surface area contributed by atoms with Crippen LogP contribution in [0.4, 0.5) is 0 Å². The molecule has 0 aliphatic heterocycles. The van der Waals surface area contributed by atoms with Gasteiger partial charge in [0.05, 0.1) is 13.2 Å². The van der Waals surface area contributed by atoms with E-state index in [4.69, 9.17) is 16.3 Å². The molecule has 0 radical (unpaired) electrons. The zero-order valence-electron chi connectivity index (χ0n) is 10.3. The number of aliphatic hydroxyl groups is 1. The fraction of sp³-hybridized carbons (Fsp3) is 0.200. The highest BCUT2D eigenvalue weighted by atomic mass is 35.5. The van der Waals surface area contributed by atoms with Crippen LogP contribution in [0.2, 0.25) is 5.02 Å². The topological polar surface area (TPSA) is 49.7 Å². The Balaban J connectivity index is 2.01. The zero-order chi connectivity index (χ0) is 13.7. The van der Waals surface area contributed by atoms with Crippen molar-refractivity contribution in [3.63, 3.8) is 0 Å². The molecule has 0 aliphatic carbocycles. The van der Waals surface area contributed by atoms with Gasteiger partial charge in [0, 0.05) is 10.9 Å². The number of hydrogen-bond acceptors (Lipinski definition) is 3. The smallest absolute Gasteiger partial charge is 0.119 e. The highest BCUT2D eigenvalue weighted by molar-refractivity contribution is 6.30. The first kappa shape index (κ1) is 13.7. The fourth-order valence-corrected chi connectivity index (χ4v) is 1.89. The molecule has 0 saturated carbocycles. The van der Waals surface area contributed by atoms with Crippen molar-refractivity contribution in [2.75, 3.05) is 13.2 Å². The van der Waals surface area contributed by atoms with E-state index in [9.17, 15) is 10.2 Å². The normalized spacial score (nSPS) is 12.1. The van der Waals surface area contributed by atoms with Gasteiger partial charge in [0.2, 0.25) is 0 Å². The van der Waals surface area contributed by atoms with Crippen molar-refractivity contribution in [3.05, 3.63) is 59.1 Å². The summed E-state index contributed by atoms with van der Waals surface area (Å²) in [4.78, 5) is 0. The van der Waals surface area contributed by atoms with Crippen LogP contribution in [0, 0.1) is 0 Å². The van der Waals surface area contributed by atoms with E-state index >= 15 is 0 Å². The molecule has 0 heterocycles. The molecule has 2 aromatic carbocycles. The average Bonchev–Trinajstić information content (AvgIpc) is 2.42. The van der Waals surface area contributed by atoms with Crippen LogP contribution in [0.1, 0.15) is 11.5 Å². The lowest BCUT2D eigenvalue weighted by atomic mass is 10.0. The van der Waals surface area contributed by atoms with Gasteiger partial charge in [-0.05, 0) is 42.0 Å². The predicted octanol–water partition coefficient (Wildman–Crippen LogP) is 3.20. The fourth-order valence-electron chi connectivity index (χ4n) is 1.76. The van der Waals surface area contributed by atoms with Crippen LogP contribution in [-0.4, -0.2) is 23.4 Å². The third-order valence-electron chi connectivity index (χ3n) is 2.83. The molecule has 0 amide bonds. The van der Waals surface area contributed by atoms with Gasteiger partial charge in [-0.1, -0.05) is 23.7 Å². The minimum Gasteiger partial charge on any atom is -0.508 e. The molecule has 0 aromatic heterocycles. The van der Waals surface area contributed by atoms with Gasteiger partial charge in [-0.3, -0.25) is 0 Å². The highest BCUT2D eigenvalue weighted by Gasteiger charge is 2.12. The lowest BCUT2D eigenvalue weighted by Crippen LogP contribution is -2.14. The van der Waals surface area contributed by atoms with Crippen LogP contribution < -0.4 is 4.74 Å². The number of halogens is 1. The van der Waals surface area contributed by atoms with E-state index < -0.39 is 0 Å². The number of rotatable bonds is 5. The number of benzene rings is 2. The van der Waals surface area contributed by atoms with Gasteiger partial charge in [0.25, 0.3) is 0 Å². The summed E-state index contributed by atoms with van der Waals surface area (Å²) in [5.41, 5.74) is 0.844. The number of phenolic OH excluding ortho intramolecular Hbond substituents is 1. The Kier molecular flexibility index (Phi) is 4.66. The number of ether oxygens (including phenoxy) is 1. The third kappa shape index (κ3) is 3.88. The summed E-state index contributed by atoms with van der Waals surface area (Å²) in [5.74, 6) is 0.702. The Labute approximate surface area is 117 Å². The molecule has 19 heavy (non-hydrogen) atoms. The molecule has 4 heteroatoms. The molecule has 100 valence electrons. The molecule has 0 bridgehead atoms. The van der Waals surface area contributed by atoms with E-state index in [1.165, 1.54) is 0 Å². The first-order valence-electron chi connectivity index (χ1n) is 5.97. The van der Waals surface area contributed by atoms with Crippen LogP contribution in [0.3, 0.4) is 0 Å². The van der Waals surface area contributed by atoms with Crippen molar-refractivity contribution in [2.24, 2.45) is 0 Å². The molecule has 0 spiro atoms. The van der Waals surface area contributed by atoms with Crippen molar-refractivity contribution in [2.45, 2.75) is 5.92 Å². The summed E-state index contributed by atoms with van der Waals surface area (Å²) < 4.78 is 5.61. The molecule has 1 atom stereocenters. The van der Waals surface area contributed by atoms with Gasteiger partial charge in [-0.25, -0.2) is 0 Å². The van der Waals surface area contributed by atoms with E-state index in [-0.39, 0.29) is 18.3 Å². The molecule has 0 aliphatic rings. The minimum atomic E-state index is -0.178. The molecular weight excluding hydrogens is 264 g/mol. The highest BCUT2D eigenvalue weighted by Crippen LogP contribution is 2.22. The molecule has 0 saturated heterocycles. The quantitative estimate of drug-likeness (QED) is 0.883. The van der Waals surface area contributed by atoms with Crippen LogP contribution in [-0.2, 0) is 0 Å². The molecule has 3 nitrogen and oxygen atoms in total. The van der Waals surface area contributed by atoms with Gasteiger partial charge in [0.15, 0.2) is 0 Å². The summed E-state index contributed by atoms with van der Waals surface area (Å²) in [7, 11) is 0. The first-order valence-corrected chi connectivity index (χ1v) is 6.35. The number of hydrogen-bond donors (Lipinski definition) is 2. The first-order chi connectivity index (χ1) is 9.19. The molecule has 2 aromatic rings. The summed E-state index contributed by atoms with van der Waals surface area (Å²) in [5, 5.41) is 19.5. The van der Waals surface area contributed by atoms with E-state index in [1.54, 1.807) is 42.5 Å². The van der Waals surface area contributed by atoms with Crippen LogP contribution >= 0.6 is 11.6 Å². The Hall–Kier alpha value is -1.71. The van der Waals surface area contributed by atoms with Crippen LogP contribution in [0.5, 0.6) is 11.5 Å². The zero-order valence-corrected chi connectivity index (χ0v) is 11.0. The standard InChI is InChI=1S/C15H15ClO3/c16-13-4-6-15(7-5-13)19-10-12(9-17)11-2-1-3-14(18)8-11/h1-8,12,17-18H,9-10H2. The van der Waals surface area contributed by atoms with Crippen molar-refractivity contribution in [1.29, 1.82) is 0 Å². The molecular formula is C15H15ClO3. The number of phenols is 1. The Morgan fingerprint density at radius 3 is 2.47 bits per heavy atom. The lowest BCUT2D eigenvalue weighted by Gasteiger charge is -2.16. The SMILES string of the molecule is OCC(COc1ccc(Cl)cc1)c1cccc(O)c1. The van der Waals surface area contributed by atoms with E-state index in [0.717, 1.165) is 5.56 Å². The molecule has 1 unspecified atom stereocenters. The van der Waals surface area contributed by atoms with Crippen LogP contribution in [0.15, 0.2) is 48.5 Å². The second-order valence-corrected chi connectivity index (χ2v) is 4.68.